The second-order valence-corrected chi connectivity index (χ2v) is 6.21. The average Bonchev–Trinajstić information content (AvgIpc) is 3.13. The maximum Gasteiger partial charge on any atom is 0.260 e. The SMILES string of the molecule is CCOc1ccc(OCC(=O)N2CCC3(CNC(=O)C3)C2)cc1. The Morgan fingerprint density at radius 2 is 1.96 bits per heavy atom. The van der Waals surface area contributed by atoms with Gasteiger partial charge in [-0.3, -0.25) is 9.59 Å². The first-order chi connectivity index (χ1) is 11.1. The van der Waals surface area contributed by atoms with E-state index >= 15 is 0 Å². The fourth-order valence-electron chi connectivity index (χ4n) is 3.22. The summed E-state index contributed by atoms with van der Waals surface area (Å²) in [5.74, 6) is 1.49. The first-order valence-electron chi connectivity index (χ1n) is 8.00. The first-order valence-corrected chi connectivity index (χ1v) is 8.00. The Hall–Kier alpha value is -2.24. The van der Waals surface area contributed by atoms with E-state index in [9.17, 15) is 9.59 Å². The van der Waals surface area contributed by atoms with Crippen LogP contribution in [0.15, 0.2) is 24.3 Å². The molecule has 2 fully saturated rings. The molecule has 3 rings (SSSR count). The van der Waals surface area contributed by atoms with E-state index in [1.54, 1.807) is 17.0 Å². The van der Waals surface area contributed by atoms with Gasteiger partial charge in [0.25, 0.3) is 5.91 Å². The molecule has 0 bridgehead atoms. The zero-order chi connectivity index (χ0) is 16.3. The highest BCUT2D eigenvalue weighted by Gasteiger charge is 2.45. The summed E-state index contributed by atoms with van der Waals surface area (Å²) in [7, 11) is 0. The van der Waals surface area contributed by atoms with Crippen LogP contribution in [0.25, 0.3) is 0 Å². The van der Waals surface area contributed by atoms with Crippen LogP contribution in [0, 0.1) is 5.41 Å². The summed E-state index contributed by atoms with van der Waals surface area (Å²) in [6.07, 6.45) is 1.40. The smallest absolute Gasteiger partial charge is 0.260 e. The minimum absolute atomic E-state index is 0.0193. The molecule has 0 aliphatic carbocycles. The standard InChI is InChI=1S/C17H22N2O4/c1-2-22-13-3-5-14(6-4-13)23-10-16(21)19-8-7-17(12-19)9-15(20)18-11-17/h3-6H,2,7-12H2,1H3,(H,18,20). The number of nitrogens with zero attached hydrogens (tertiary/aromatic N) is 1. The molecule has 1 N–H and O–H groups in total. The van der Waals surface area contributed by atoms with E-state index < -0.39 is 0 Å². The van der Waals surface area contributed by atoms with E-state index in [1.165, 1.54) is 0 Å². The van der Waals surface area contributed by atoms with Crippen molar-refractivity contribution in [3.05, 3.63) is 24.3 Å². The molecule has 1 aromatic carbocycles. The number of amides is 2. The van der Waals surface area contributed by atoms with E-state index in [4.69, 9.17) is 9.47 Å². The van der Waals surface area contributed by atoms with Crippen molar-refractivity contribution >= 4 is 11.8 Å². The molecule has 0 aromatic heterocycles. The van der Waals surface area contributed by atoms with Gasteiger partial charge >= 0.3 is 0 Å². The van der Waals surface area contributed by atoms with Crippen molar-refractivity contribution in [2.24, 2.45) is 5.41 Å². The Morgan fingerprint density at radius 1 is 1.26 bits per heavy atom. The third-order valence-electron chi connectivity index (χ3n) is 4.48. The van der Waals surface area contributed by atoms with Crippen molar-refractivity contribution in [1.82, 2.24) is 10.2 Å². The number of benzene rings is 1. The Morgan fingerprint density at radius 3 is 2.57 bits per heavy atom. The molecule has 124 valence electrons. The maximum atomic E-state index is 12.3. The Bertz CT molecular complexity index is 587. The first kappa shape index (κ1) is 15.6. The van der Waals surface area contributed by atoms with Crippen molar-refractivity contribution < 1.29 is 19.1 Å². The van der Waals surface area contributed by atoms with Gasteiger partial charge in [0.05, 0.1) is 6.61 Å². The zero-order valence-electron chi connectivity index (χ0n) is 13.3. The summed E-state index contributed by atoms with van der Waals surface area (Å²) >= 11 is 0. The molecular formula is C17H22N2O4. The maximum absolute atomic E-state index is 12.3. The van der Waals surface area contributed by atoms with Crippen LogP contribution in [0.2, 0.25) is 0 Å². The molecule has 6 heteroatoms. The highest BCUT2D eigenvalue weighted by Crippen LogP contribution is 2.36. The lowest BCUT2D eigenvalue weighted by Gasteiger charge is -2.21. The van der Waals surface area contributed by atoms with Crippen molar-refractivity contribution in [2.45, 2.75) is 19.8 Å². The number of carbonyl (C=O) groups excluding carboxylic acids is 2. The Labute approximate surface area is 135 Å². The topological polar surface area (TPSA) is 67.9 Å². The van der Waals surface area contributed by atoms with Gasteiger partial charge in [0.15, 0.2) is 6.61 Å². The minimum Gasteiger partial charge on any atom is -0.494 e. The Balaban J connectivity index is 1.49. The third-order valence-corrected chi connectivity index (χ3v) is 4.48. The summed E-state index contributed by atoms with van der Waals surface area (Å²) in [6.45, 7) is 4.57. The zero-order valence-corrected chi connectivity index (χ0v) is 13.3. The lowest BCUT2D eigenvalue weighted by molar-refractivity contribution is -0.132. The molecule has 1 spiro atoms. The fourth-order valence-corrected chi connectivity index (χ4v) is 3.22. The van der Waals surface area contributed by atoms with Crippen molar-refractivity contribution in [3.63, 3.8) is 0 Å². The van der Waals surface area contributed by atoms with Crippen LogP contribution in [0.4, 0.5) is 0 Å². The lowest BCUT2D eigenvalue weighted by Crippen LogP contribution is -2.36. The van der Waals surface area contributed by atoms with Crippen LogP contribution in [0.1, 0.15) is 19.8 Å². The van der Waals surface area contributed by atoms with Crippen molar-refractivity contribution in [1.29, 1.82) is 0 Å². The number of likely N-dealkylation sites (tertiary alicyclic amines) is 1. The van der Waals surface area contributed by atoms with Gasteiger partial charge in [0.1, 0.15) is 11.5 Å². The highest BCUT2D eigenvalue weighted by molar-refractivity contribution is 5.81. The van der Waals surface area contributed by atoms with E-state index in [0.29, 0.717) is 38.4 Å². The van der Waals surface area contributed by atoms with Gasteiger partial charge in [0, 0.05) is 31.5 Å². The van der Waals surface area contributed by atoms with Crippen LogP contribution in [0.3, 0.4) is 0 Å². The molecule has 2 aliphatic rings. The largest absolute Gasteiger partial charge is 0.494 e. The molecule has 2 aliphatic heterocycles. The fraction of sp³-hybridized carbons (Fsp3) is 0.529. The second kappa shape index (κ2) is 6.48. The summed E-state index contributed by atoms with van der Waals surface area (Å²) in [5.41, 5.74) is -0.0636. The van der Waals surface area contributed by atoms with Gasteiger partial charge in [-0.05, 0) is 37.6 Å². The summed E-state index contributed by atoms with van der Waals surface area (Å²) in [5, 5.41) is 2.87. The van der Waals surface area contributed by atoms with Crippen LogP contribution in [-0.4, -0.2) is 49.6 Å². The number of rotatable bonds is 5. The molecule has 1 atom stereocenters. The summed E-state index contributed by atoms with van der Waals surface area (Å²) in [4.78, 5) is 25.5. The average molecular weight is 318 g/mol. The number of nitrogens with one attached hydrogen (secondary N) is 1. The lowest BCUT2D eigenvalue weighted by atomic mass is 9.86. The van der Waals surface area contributed by atoms with Crippen LogP contribution in [0.5, 0.6) is 11.5 Å². The molecule has 0 saturated carbocycles. The molecule has 6 nitrogen and oxygen atoms in total. The quantitative estimate of drug-likeness (QED) is 0.886. The van der Waals surface area contributed by atoms with Gasteiger partial charge in [0.2, 0.25) is 5.91 Å². The molecule has 2 amide bonds. The van der Waals surface area contributed by atoms with E-state index in [0.717, 1.165) is 12.2 Å². The molecule has 2 heterocycles. The minimum atomic E-state index is -0.0636. The second-order valence-electron chi connectivity index (χ2n) is 6.21. The van der Waals surface area contributed by atoms with E-state index in [1.807, 2.05) is 19.1 Å². The third kappa shape index (κ3) is 3.57. The van der Waals surface area contributed by atoms with Gasteiger partial charge in [-0.15, -0.1) is 0 Å². The van der Waals surface area contributed by atoms with Crippen molar-refractivity contribution in [3.8, 4) is 11.5 Å². The van der Waals surface area contributed by atoms with Crippen LogP contribution in [-0.2, 0) is 9.59 Å². The van der Waals surface area contributed by atoms with Crippen LogP contribution < -0.4 is 14.8 Å². The predicted octanol–water partition coefficient (Wildman–Crippen LogP) is 1.20. The normalized spacial score (nSPS) is 23.2. The van der Waals surface area contributed by atoms with Crippen molar-refractivity contribution in [2.75, 3.05) is 32.8 Å². The molecule has 1 aromatic rings. The monoisotopic (exact) mass is 318 g/mol. The Kier molecular flexibility index (Phi) is 4.41. The van der Waals surface area contributed by atoms with Gasteiger partial charge in [-0.1, -0.05) is 0 Å². The van der Waals surface area contributed by atoms with E-state index in [2.05, 4.69) is 5.32 Å². The number of hydrogen-bond donors (Lipinski definition) is 1. The van der Waals surface area contributed by atoms with Gasteiger partial charge < -0.3 is 19.7 Å². The van der Waals surface area contributed by atoms with Crippen LogP contribution >= 0.6 is 0 Å². The molecule has 23 heavy (non-hydrogen) atoms. The summed E-state index contributed by atoms with van der Waals surface area (Å²) < 4.78 is 10.9. The molecular weight excluding hydrogens is 296 g/mol. The number of hydrogen-bond acceptors (Lipinski definition) is 4. The summed E-state index contributed by atoms with van der Waals surface area (Å²) in [6, 6.07) is 7.24. The highest BCUT2D eigenvalue weighted by atomic mass is 16.5. The van der Waals surface area contributed by atoms with Gasteiger partial charge in [-0.2, -0.15) is 0 Å². The predicted molar refractivity (Wildman–Crippen MR) is 84.4 cm³/mol. The molecule has 2 saturated heterocycles. The number of ether oxygens (including phenoxy) is 2. The van der Waals surface area contributed by atoms with E-state index in [-0.39, 0.29) is 23.8 Å². The van der Waals surface area contributed by atoms with Gasteiger partial charge in [-0.25, -0.2) is 0 Å². The molecule has 0 radical (unpaired) electrons. The number of carbonyl (C=O) groups is 2. The molecule has 1 unspecified atom stereocenters.